The average molecular weight is 156 g/mol. The molecule has 0 radical (unpaired) electrons. The zero-order chi connectivity index (χ0) is 8.32. The van der Waals surface area contributed by atoms with Gasteiger partial charge in [-0.1, -0.05) is 13.8 Å². The Balaban J connectivity index is 2.59. The Hall–Kier alpha value is -0.370. The predicted octanol–water partition coefficient (Wildman–Crippen LogP) is 1.78. The first kappa shape index (κ1) is 8.72. The molecule has 2 unspecified atom stereocenters. The third-order valence-corrected chi connectivity index (χ3v) is 2.70. The van der Waals surface area contributed by atoms with Crippen LogP contribution in [0.25, 0.3) is 0 Å². The highest BCUT2D eigenvalue weighted by atomic mass is 16.5. The van der Waals surface area contributed by atoms with E-state index >= 15 is 0 Å². The molecule has 2 nitrogen and oxygen atoms in total. The molecule has 11 heavy (non-hydrogen) atoms. The molecule has 1 fully saturated rings. The Bertz CT molecular complexity index is 138. The molecule has 64 valence electrons. The smallest absolute Gasteiger partial charge is 0.128 e. The molecule has 0 amide bonds. The monoisotopic (exact) mass is 156 g/mol. The molecule has 0 aromatic heterocycles. The molecule has 0 N–H and O–H groups in total. The predicted molar refractivity (Wildman–Crippen MR) is 43.4 cm³/mol. The standard InChI is InChI=1S/C9H16O2/c1-3-9(2,7-10)8-5-4-6-11-8/h7-8H,3-6H2,1-2H3. The van der Waals surface area contributed by atoms with Gasteiger partial charge < -0.3 is 9.53 Å². The normalized spacial score (nSPS) is 29.8. The maximum Gasteiger partial charge on any atom is 0.128 e. The van der Waals surface area contributed by atoms with E-state index in [4.69, 9.17) is 4.74 Å². The third-order valence-electron chi connectivity index (χ3n) is 2.70. The van der Waals surface area contributed by atoms with Crippen molar-refractivity contribution in [3.8, 4) is 0 Å². The van der Waals surface area contributed by atoms with Crippen LogP contribution in [-0.4, -0.2) is 19.0 Å². The van der Waals surface area contributed by atoms with Gasteiger partial charge in [0.1, 0.15) is 6.29 Å². The van der Waals surface area contributed by atoms with Gasteiger partial charge in [-0.3, -0.25) is 0 Å². The Labute approximate surface area is 67.9 Å². The van der Waals surface area contributed by atoms with E-state index < -0.39 is 0 Å². The van der Waals surface area contributed by atoms with Gasteiger partial charge in [0.2, 0.25) is 0 Å². The van der Waals surface area contributed by atoms with E-state index in [0.717, 1.165) is 32.2 Å². The number of aldehydes is 1. The Kier molecular flexibility index (Phi) is 2.66. The van der Waals surface area contributed by atoms with Gasteiger partial charge in [0.05, 0.1) is 6.10 Å². The van der Waals surface area contributed by atoms with Gasteiger partial charge in [0, 0.05) is 12.0 Å². The van der Waals surface area contributed by atoms with Crippen LogP contribution in [0.15, 0.2) is 0 Å². The highest BCUT2D eigenvalue weighted by molar-refractivity contribution is 5.59. The van der Waals surface area contributed by atoms with E-state index in [-0.39, 0.29) is 11.5 Å². The largest absolute Gasteiger partial charge is 0.377 e. The number of hydrogen-bond acceptors (Lipinski definition) is 2. The van der Waals surface area contributed by atoms with Crippen LogP contribution in [0.3, 0.4) is 0 Å². The van der Waals surface area contributed by atoms with Crippen molar-refractivity contribution in [3.63, 3.8) is 0 Å². The van der Waals surface area contributed by atoms with Crippen molar-refractivity contribution in [1.82, 2.24) is 0 Å². The van der Waals surface area contributed by atoms with Gasteiger partial charge in [-0.15, -0.1) is 0 Å². The SMILES string of the molecule is CCC(C)(C=O)C1CCCO1. The van der Waals surface area contributed by atoms with Crippen molar-refractivity contribution in [2.45, 2.75) is 39.2 Å². The van der Waals surface area contributed by atoms with E-state index in [1.807, 2.05) is 13.8 Å². The average Bonchev–Trinajstić information content (AvgIpc) is 2.55. The number of hydrogen-bond donors (Lipinski definition) is 0. The summed E-state index contributed by atoms with van der Waals surface area (Å²) in [6.07, 6.45) is 4.24. The zero-order valence-electron chi connectivity index (χ0n) is 7.30. The van der Waals surface area contributed by atoms with Crippen LogP contribution in [0.5, 0.6) is 0 Å². The van der Waals surface area contributed by atoms with Gasteiger partial charge in [-0.05, 0) is 19.3 Å². The van der Waals surface area contributed by atoms with Crippen molar-refractivity contribution in [3.05, 3.63) is 0 Å². The van der Waals surface area contributed by atoms with Crippen molar-refractivity contribution in [2.75, 3.05) is 6.61 Å². The quantitative estimate of drug-likeness (QED) is 0.582. The lowest BCUT2D eigenvalue weighted by Crippen LogP contribution is -2.32. The van der Waals surface area contributed by atoms with E-state index in [9.17, 15) is 4.79 Å². The third kappa shape index (κ3) is 1.62. The molecule has 0 aromatic rings. The molecule has 1 aliphatic rings. The van der Waals surface area contributed by atoms with Crippen molar-refractivity contribution in [2.24, 2.45) is 5.41 Å². The van der Waals surface area contributed by atoms with Gasteiger partial charge >= 0.3 is 0 Å². The maximum absolute atomic E-state index is 10.8. The van der Waals surface area contributed by atoms with Crippen LogP contribution < -0.4 is 0 Å². The summed E-state index contributed by atoms with van der Waals surface area (Å²) in [5.41, 5.74) is -0.240. The van der Waals surface area contributed by atoms with E-state index in [0.29, 0.717) is 0 Å². The molecule has 2 heteroatoms. The molecule has 0 saturated carbocycles. The summed E-state index contributed by atoms with van der Waals surface area (Å²) in [6, 6.07) is 0. The van der Waals surface area contributed by atoms with Crippen molar-refractivity contribution >= 4 is 6.29 Å². The van der Waals surface area contributed by atoms with E-state index in [1.54, 1.807) is 0 Å². The Morgan fingerprint density at radius 2 is 2.45 bits per heavy atom. The van der Waals surface area contributed by atoms with Crippen LogP contribution in [0.1, 0.15) is 33.1 Å². The molecule has 1 aliphatic heterocycles. The number of carbonyl (C=O) groups is 1. The molecule has 0 aliphatic carbocycles. The summed E-state index contributed by atoms with van der Waals surface area (Å²) < 4.78 is 5.47. The first-order chi connectivity index (χ1) is 5.23. The minimum absolute atomic E-state index is 0.171. The van der Waals surface area contributed by atoms with Crippen molar-refractivity contribution in [1.29, 1.82) is 0 Å². The topological polar surface area (TPSA) is 26.3 Å². The van der Waals surface area contributed by atoms with Crippen LogP contribution in [0.2, 0.25) is 0 Å². The molecule has 0 aromatic carbocycles. The molecule has 1 saturated heterocycles. The maximum atomic E-state index is 10.8. The van der Waals surface area contributed by atoms with Crippen LogP contribution in [-0.2, 0) is 9.53 Å². The molecule has 1 heterocycles. The van der Waals surface area contributed by atoms with Crippen molar-refractivity contribution < 1.29 is 9.53 Å². The summed E-state index contributed by atoms with van der Waals surface area (Å²) >= 11 is 0. The molecular formula is C9H16O2. The second kappa shape index (κ2) is 3.35. The lowest BCUT2D eigenvalue weighted by molar-refractivity contribution is -0.122. The highest BCUT2D eigenvalue weighted by Gasteiger charge is 2.35. The summed E-state index contributed by atoms with van der Waals surface area (Å²) in [5, 5.41) is 0. The van der Waals surface area contributed by atoms with Gasteiger partial charge in [-0.25, -0.2) is 0 Å². The summed E-state index contributed by atoms with van der Waals surface area (Å²) in [4.78, 5) is 10.8. The molecule has 0 spiro atoms. The number of ether oxygens (including phenoxy) is 1. The van der Waals surface area contributed by atoms with Crippen LogP contribution >= 0.6 is 0 Å². The van der Waals surface area contributed by atoms with Crippen LogP contribution in [0, 0.1) is 5.41 Å². The fourth-order valence-corrected chi connectivity index (χ4v) is 1.48. The number of carbonyl (C=O) groups excluding carboxylic acids is 1. The Morgan fingerprint density at radius 1 is 1.73 bits per heavy atom. The fraction of sp³-hybridized carbons (Fsp3) is 0.889. The molecule has 2 atom stereocenters. The summed E-state index contributed by atoms with van der Waals surface area (Å²) in [5.74, 6) is 0. The lowest BCUT2D eigenvalue weighted by Gasteiger charge is -2.27. The second-order valence-corrected chi connectivity index (χ2v) is 3.48. The van der Waals surface area contributed by atoms with Gasteiger partial charge in [0.25, 0.3) is 0 Å². The molecule has 1 rings (SSSR count). The molecule has 0 bridgehead atoms. The summed E-state index contributed by atoms with van der Waals surface area (Å²) in [6.45, 7) is 4.85. The van der Waals surface area contributed by atoms with E-state index in [1.165, 1.54) is 0 Å². The fourth-order valence-electron chi connectivity index (χ4n) is 1.48. The summed E-state index contributed by atoms with van der Waals surface area (Å²) in [7, 11) is 0. The first-order valence-electron chi connectivity index (χ1n) is 4.31. The molecular weight excluding hydrogens is 140 g/mol. The van der Waals surface area contributed by atoms with Gasteiger partial charge in [0.15, 0.2) is 0 Å². The lowest BCUT2D eigenvalue weighted by atomic mass is 9.82. The Morgan fingerprint density at radius 3 is 2.82 bits per heavy atom. The minimum Gasteiger partial charge on any atom is -0.377 e. The minimum atomic E-state index is -0.240. The number of rotatable bonds is 3. The van der Waals surface area contributed by atoms with Crippen LogP contribution in [0.4, 0.5) is 0 Å². The first-order valence-corrected chi connectivity index (χ1v) is 4.31. The van der Waals surface area contributed by atoms with E-state index in [2.05, 4.69) is 0 Å². The zero-order valence-corrected chi connectivity index (χ0v) is 7.30. The second-order valence-electron chi connectivity index (χ2n) is 3.48. The highest BCUT2D eigenvalue weighted by Crippen LogP contribution is 2.32. The van der Waals surface area contributed by atoms with Gasteiger partial charge in [-0.2, -0.15) is 0 Å².